The monoisotopic (exact) mass is 435 g/mol. The molecule has 0 spiro atoms. The Balaban J connectivity index is 2.04. The summed E-state index contributed by atoms with van der Waals surface area (Å²) in [7, 11) is -3.04. The summed E-state index contributed by atoms with van der Waals surface area (Å²) in [5.41, 5.74) is 0.240. The smallest absolute Gasteiger partial charge is 0.437 e. The number of unbranched alkanes of at least 4 members (excludes halogenated alkanes) is 1. The van der Waals surface area contributed by atoms with Crippen LogP contribution in [0.3, 0.4) is 0 Å². The van der Waals surface area contributed by atoms with Gasteiger partial charge in [-0.1, -0.05) is 13.3 Å². The molecule has 2 rings (SSSR count). The van der Waals surface area contributed by atoms with Crippen LogP contribution in [-0.2, 0) is 14.8 Å². The van der Waals surface area contributed by atoms with E-state index < -0.39 is 22.1 Å². The molecule has 0 fully saturated rings. The highest BCUT2D eigenvalue weighted by Crippen LogP contribution is 2.13. The van der Waals surface area contributed by atoms with Gasteiger partial charge in [0.2, 0.25) is 5.88 Å². The van der Waals surface area contributed by atoms with Crippen molar-refractivity contribution in [3.05, 3.63) is 53.7 Å². The number of hydrogen-bond acceptors (Lipinski definition) is 8. The fourth-order valence-corrected chi connectivity index (χ4v) is 3.18. The van der Waals surface area contributed by atoms with Crippen LogP contribution in [-0.4, -0.2) is 45.0 Å². The standard InChI is InChI=1S/C19H21N3O7S/c1-3-4-11-20-17(23)13-5-8-15(9-6-13)30(26,27)22-18(24)14-7-10-16(21-12-14)29-19(25)28-2/h5-10,12H,3-4,11H2,1-2H3,(H,20,23)(H,22,24). The molecule has 1 aromatic heterocycles. The number of aromatic nitrogens is 1. The van der Waals surface area contributed by atoms with Gasteiger partial charge in [-0.15, -0.1) is 0 Å². The minimum absolute atomic E-state index is 0.0669. The van der Waals surface area contributed by atoms with Crippen LogP contribution in [0, 0.1) is 0 Å². The Bertz CT molecular complexity index is 1000. The van der Waals surface area contributed by atoms with E-state index in [1.165, 1.54) is 36.4 Å². The number of nitrogens with one attached hydrogen (secondary N) is 2. The van der Waals surface area contributed by atoms with Crippen molar-refractivity contribution in [2.24, 2.45) is 0 Å². The summed E-state index contributed by atoms with van der Waals surface area (Å²) in [6.45, 7) is 2.53. The van der Waals surface area contributed by atoms with Crippen molar-refractivity contribution in [3.63, 3.8) is 0 Å². The number of nitrogens with zero attached hydrogens (tertiary/aromatic N) is 1. The number of pyridine rings is 1. The van der Waals surface area contributed by atoms with E-state index in [4.69, 9.17) is 0 Å². The number of carbonyl (C=O) groups is 3. The van der Waals surface area contributed by atoms with Crippen molar-refractivity contribution in [3.8, 4) is 5.88 Å². The Morgan fingerprint density at radius 3 is 2.23 bits per heavy atom. The molecule has 0 aliphatic rings. The summed E-state index contributed by atoms with van der Waals surface area (Å²) in [4.78, 5) is 38.8. The molecular formula is C19H21N3O7S. The van der Waals surface area contributed by atoms with E-state index in [2.05, 4.69) is 19.8 Å². The Labute approximate surface area is 173 Å². The van der Waals surface area contributed by atoms with Crippen LogP contribution in [0.4, 0.5) is 4.79 Å². The predicted octanol–water partition coefficient (Wildman–Crippen LogP) is 1.88. The fourth-order valence-electron chi connectivity index (χ4n) is 2.21. The number of hydrogen-bond donors (Lipinski definition) is 2. The van der Waals surface area contributed by atoms with Gasteiger partial charge in [-0.25, -0.2) is 22.9 Å². The maximum Gasteiger partial charge on any atom is 0.514 e. The first-order chi connectivity index (χ1) is 14.3. The molecule has 30 heavy (non-hydrogen) atoms. The van der Waals surface area contributed by atoms with E-state index in [1.54, 1.807) is 0 Å². The SMILES string of the molecule is CCCCNC(=O)c1ccc(S(=O)(=O)NC(=O)c2ccc(OC(=O)OC)nc2)cc1. The van der Waals surface area contributed by atoms with Gasteiger partial charge in [0.15, 0.2) is 0 Å². The molecule has 0 bridgehead atoms. The third kappa shape index (κ3) is 6.27. The number of sulfonamides is 1. The zero-order chi connectivity index (χ0) is 22.1. The molecule has 0 saturated carbocycles. The molecule has 0 saturated heterocycles. The number of amides is 2. The molecule has 10 nitrogen and oxygen atoms in total. The van der Waals surface area contributed by atoms with Gasteiger partial charge in [0, 0.05) is 24.4 Å². The van der Waals surface area contributed by atoms with Gasteiger partial charge in [-0.2, -0.15) is 0 Å². The Kier molecular flexibility index (Phi) is 7.87. The third-order valence-corrected chi connectivity index (χ3v) is 5.17. The maximum absolute atomic E-state index is 12.4. The number of methoxy groups -OCH3 is 1. The number of ether oxygens (including phenoxy) is 2. The van der Waals surface area contributed by atoms with Crippen LogP contribution < -0.4 is 14.8 Å². The summed E-state index contributed by atoms with van der Waals surface area (Å²) in [6, 6.07) is 7.64. The second-order valence-electron chi connectivity index (χ2n) is 6.01. The molecule has 160 valence electrons. The van der Waals surface area contributed by atoms with Crippen LogP contribution in [0.5, 0.6) is 5.88 Å². The molecule has 2 amide bonds. The van der Waals surface area contributed by atoms with Crippen molar-refractivity contribution in [2.45, 2.75) is 24.7 Å². The molecule has 0 aliphatic heterocycles. The van der Waals surface area contributed by atoms with E-state index in [-0.39, 0.29) is 22.2 Å². The van der Waals surface area contributed by atoms with Gasteiger partial charge >= 0.3 is 6.16 Å². The highest BCUT2D eigenvalue weighted by Gasteiger charge is 2.20. The first-order valence-corrected chi connectivity index (χ1v) is 10.4. The first-order valence-electron chi connectivity index (χ1n) is 8.94. The van der Waals surface area contributed by atoms with Crippen LogP contribution in [0.1, 0.15) is 40.5 Å². The Morgan fingerprint density at radius 1 is 1.00 bits per heavy atom. The average Bonchev–Trinajstić information content (AvgIpc) is 2.74. The normalized spacial score (nSPS) is 10.7. The Hall–Kier alpha value is -3.47. The van der Waals surface area contributed by atoms with Gasteiger partial charge in [-0.3, -0.25) is 9.59 Å². The van der Waals surface area contributed by atoms with E-state index in [9.17, 15) is 22.8 Å². The highest BCUT2D eigenvalue weighted by atomic mass is 32.2. The molecule has 1 aromatic carbocycles. The van der Waals surface area contributed by atoms with E-state index >= 15 is 0 Å². The van der Waals surface area contributed by atoms with Crippen molar-refractivity contribution < 1.29 is 32.3 Å². The van der Waals surface area contributed by atoms with Crippen molar-refractivity contribution in [1.82, 2.24) is 15.0 Å². The minimum atomic E-state index is -4.17. The van der Waals surface area contributed by atoms with Gasteiger partial charge in [0.1, 0.15) is 0 Å². The second-order valence-corrected chi connectivity index (χ2v) is 7.69. The number of carbonyl (C=O) groups excluding carboxylic acids is 3. The van der Waals surface area contributed by atoms with Crippen LogP contribution in [0.25, 0.3) is 0 Å². The fraction of sp³-hybridized carbons (Fsp3) is 0.263. The summed E-state index contributed by atoms with van der Waals surface area (Å²) >= 11 is 0. The second kappa shape index (κ2) is 10.3. The lowest BCUT2D eigenvalue weighted by Gasteiger charge is -2.09. The van der Waals surface area contributed by atoms with Gasteiger partial charge < -0.3 is 14.8 Å². The quantitative estimate of drug-likeness (QED) is 0.473. The maximum atomic E-state index is 12.4. The van der Waals surface area contributed by atoms with Crippen molar-refractivity contribution in [2.75, 3.05) is 13.7 Å². The summed E-state index contributed by atoms with van der Waals surface area (Å²) in [5.74, 6) is -1.35. The molecule has 1 heterocycles. The summed E-state index contributed by atoms with van der Waals surface area (Å²) < 4.78 is 35.7. The van der Waals surface area contributed by atoms with Gasteiger partial charge in [-0.05, 0) is 36.8 Å². The van der Waals surface area contributed by atoms with Gasteiger partial charge in [0.25, 0.3) is 21.8 Å². The van der Waals surface area contributed by atoms with Gasteiger partial charge in [0.05, 0.1) is 17.6 Å². The van der Waals surface area contributed by atoms with E-state index in [0.29, 0.717) is 12.1 Å². The lowest BCUT2D eigenvalue weighted by Crippen LogP contribution is -2.30. The molecule has 2 aromatic rings. The molecule has 11 heteroatoms. The molecule has 0 radical (unpaired) electrons. The molecule has 0 unspecified atom stereocenters. The third-order valence-electron chi connectivity index (χ3n) is 3.82. The molecule has 0 aliphatic carbocycles. The zero-order valence-corrected chi connectivity index (χ0v) is 17.2. The van der Waals surface area contributed by atoms with Crippen LogP contribution in [0.2, 0.25) is 0 Å². The predicted molar refractivity (Wildman–Crippen MR) is 106 cm³/mol. The van der Waals surface area contributed by atoms with Crippen molar-refractivity contribution in [1.29, 1.82) is 0 Å². The van der Waals surface area contributed by atoms with Crippen molar-refractivity contribution >= 4 is 28.0 Å². The average molecular weight is 435 g/mol. The number of rotatable bonds is 8. The van der Waals surface area contributed by atoms with Crippen LogP contribution >= 0.6 is 0 Å². The largest absolute Gasteiger partial charge is 0.514 e. The molecule has 0 atom stereocenters. The number of benzene rings is 1. The summed E-state index contributed by atoms with van der Waals surface area (Å²) in [5, 5.41) is 2.73. The lowest BCUT2D eigenvalue weighted by molar-refractivity contribution is 0.0950. The summed E-state index contributed by atoms with van der Waals surface area (Å²) in [6.07, 6.45) is 1.85. The topological polar surface area (TPSA) is 141 Å². The molecule has 2 N–H and O–H groups in total. The lowest BCUT2D eigenvalue weighted by atomic mass is 10.2. The molecular weight excluding hydrogens is 414 g/mol. The zero-order valence-electron chi connectivity index (χ0n) is 16.4. The van der Waals surface area contributed by atoms with Crippen LogP contribution in [0.15, 0.2) is 47.5 Å². The van der Waals surface area contributed by atoms with E-state index in [1.807, 2.05) is 11.6 Å². The first kappa shape index (κ1) is 22.8. The Morgan fingerprint density at radius 2 is 1.67 bits per heavy atom. The highest BCUT2D eigenvalue weighted by molar-refractivity contribution is 7.90. The van der Waals surface area contributed by atoms with E-state index in [0.717, 1.165) is 26.1 Å². The minimum Gasteiger partial charge on any atom is -0.437 e.